The summed E-state index contributed by atoms with van der Waals surface area (Å²) in [5.41, 5.74) is 0.275. The van der Waals surface area contributed by atoms with Crippen molar-refractivity contribution in [1.82, 2.24) is 9.55 Å². The van der Waals surface area contributed by atoms with Crippen molar-refractivity contribution in [3.63, 3.8) is 0 Å². The van der Waals surface area contributed by atoms with Gasteiger partial charge in [0.1, 0.15) is 41.8 Å². The van der Waals surface area contributed by atoms with Crippen molar-refractivity contribution in [3.8, 4) is 40.2 Å². The number of carbonyl (C=O) groups excluding carboxylic acids is 1. The van der Waals surface area contributed by atoms with E-state index in [0.717, 1.165) is 12.8 Å². The first-order valence-corrected chi connectivity index (χ1v) is 15.3. The summed E-state index contributed by atoms with van der Waals surface area (Å²) in [5.74, 6) is 1.13. The number of amides is 1. The molecule has 246 valence electrons. The van der Waals surface area contributed by atoms with Gasteiger partial charge in [0.05, 0.1) is 35.3 Å². The van der Waals surface area contributed by atoms with Crippen LogP contribution in [-0.2, 0) is 0 Å². The van der Waals surface area contributed by atoms with Crippen LogP contribution in [0.15, 0.2) is 82.8 Å². The minimum absolute atomic E-state index is 0.0607. The second-order valence-corrected chi connectivity index (χ2v) is 10.9. The van der Waals surface area contributed by atoms with Crippen LogP contribution in [-0.4, -0.2) is 55.7 Å². The SMILES string of the molecule is C/N=C\CCCOc1cc2nccc(Oc3ccc(NC(=O)c4c(OC)ccn(-c5ccc(F)cc5)c4=O)c(Cl)c3)c2c2c1OCCO2. The van der Waals surface area contributed by atoms with Crippen molar-refractivity contribution in [1.29, 1.82) is 0 Å². The largest absolute Gasteiger partial charge is 0.496 e. The molecule has 0 saturated carbocycles. The first kappa shape index (κ1) is 32.3. The van der Waals surface area contributed by atoms with Crippen molar-refractivity contribution in [2.75, 3.05) is 39.3 Å². The van der Waals surface area contributed by atoms with Crippen LogP contribution in [0.3, 0.4) is 0 Å². The molecule has 48 heavy (non-hydrogen) atoms. The molecule has 0 radical (unpaired) electrons. The molecule has 5 aromatic rings. The maximum Gasteiger partial charge on any atom is 0.271 e. The number of halogens is 2. The highest BCUT2D eigenvalue weighted by atomic mass is 35.5. The lowest BCUT2D eigenvalue weighted by Gasteiger charge is -2.23. The number of hydrogen-bond acceptors (Lipinski definition) is 9. The summed E-state index contributed by atoms with van der Waals surface area (Å²) in [4.78, 5) is 35.3. The van der Waals surface area contributed by atoms with E-state index in [1.54, 1.807) is 37.5 Å². The van der Waals surface area contributed by atoms with Gasteiger partial charge in [0.25, 0.3) is 11.5 Å². The van der Waals surface area contributed by atoms with Gasteiger partial charge in [-0.05, 0) is 67.6 Å². The molecular formula is C35H30ClFN4O7. The van der Waals surface area contributed by atoms with Crippen LogP contribution in [0.5, 0.6) is 34.5 Å². The van der Waals surface area contributed by atoms with Crippen LogP contribution in [0.1, 0.15) is 23.2 Å². The normalized spacial score (nSPS) is 12.2. The molecule has 3 aromatic carbocycles. The molecule has 11 nitrogen and oxygen atoms in total. The zero-order valence-corrected chi connectivity index (χ0v) is 26.8. The maximum absolute atomic E-state index is 13.5. The molecule has 1 amide bonds. The first-order valence-electron chi connectivity index (χ1n) is 15.0. The van der Waals surface area contributed by atoms with Crippen molar-refractivity contribution in [2.24, 2.45) is 4.99 Å². The van der Waals surface area contributed by atoms with Crippen LogP contribution < -0.4 is 34.6 Å². The van der Waals surface area contributed by atoms with Gasteiger partial charge in [0.2, 0.25) is 5.75 Å². The highest BCUT2D eigenvalue weighted by Crippen LogP contribution is 2.48. The summed E-state index contributed by atoms with van der Waals surface area (Å²) < 4.78 is 44.2. The summed E-state index contributed by atoms with van der Waals surface area (Å²) in [6, 6.07) is 15.0. The number of anilines is 1. The van der Waals surface area contributed by atoms with E-state index in [0.29, 0.717) is 65.2 Å². The summed E-state index contributed by atoms with van der Waals surface area (Å²) in [6.45, 7) is 1.17. The Labute approximate surface area is 279 Å². The zero-order chi connectivity index (χ0) is 33.6. The molecule has 13 heteroatoms. The van der Waals surface area contributed by atoms with E-state index < -0.39 is 17.3 Å². The minimum atomic E-state index is -0.746. The lowest BCUT2D eigenvalue weighted by atomic mass is 10.1. The Bertz CT molecular complexity index is 2070. The Morgan fingerprint density at radius 1 is 1.06 bits per heavy atom. The number of benzene rings is 3. The summed E-state index contributed by atoms with van der Waals surface area (Å²) in [5, 5.41) is 3.43. The molecule has 1 aliphatic heterocycles. The number of carbonyl (C=O) groups is 1. The molecule has 6 rings (SSSR count). The number of aromatic nitrogens is 2. The Balaban J connectivity index is 1.25. The second-order valence-electron chi connectivity index (χ2n) is 10.5. The van der Waals surface area contributed by atoms with E-state index in [1.807, 2.05) is 6.21 Å². The standard InChI is InChI=1S/C35H30ClFN4O7/c1-38-13-3-4-16-45-29-20-26-30(33-32(29)46-17-18-47-33)28(11-14-39-26)48-23-9-10-25(24(36)19-23)40-34(42)31-27(44-2)12-15-41(35(31)43)22-7-5-21(37)6-8-22/h5-15,19-20H,3-4,16-18H2,1-2H3,(H,40,42)/b38-13-. The average Bonchev–Trinajstić information content (AvgIpc) is 3.09. The summed E-state index contributed by atoms with van der Waals surface area (Å²) in [7, 11) is 3.08. The van der Waals surface area contributed by atoms with Gasteiger partial charge in [-0.15, -0.1) is 0 Å². The van der Waals surface area contributed by atoms with Crippen molar-refractivity contribution < 1.29 is 32.9 Å². The molecule has 0 saturated heterocycles. The number of ether oxygens (including phenoxy) is 5. The number of nitrogens with zero attached hydrogens (tertiary/aromatic N) is 3. The highest BCUT2D eigenvalue weighted by molar-refractivity contribution is 6.34. The van der Waals surface area contributed by atoms with E-state index in [9.17, 15) is 14.0 Å². The van der Waals surface area contributed by atoms with E-state index in [2.05, 4.69) is 15.3 Å². The number of pyridine rings is 2. The fourth-order valence-electron chi connectivity index (χ4n) is 5.13. The van der Waals surface area contributed by atoms with Gasteiger partial charge >= 0.3 is 0 Å². The Morgan fingerprint density at radius 3 is 2.60 bits per heavy atom. The molecule has 0 fully saturated rings. The van der Waals surface area contributed by atoms with Crippen molar-refractivity contribution in [2.45, 2.75) is 12.8 Å². The quantitative estimate of drug-likeness (QED) is 0.119. The van der Waals surface area contributed by atoms with Crippen LogP contribution in [0.2, 0.25) is 5.02 Å². The molecule has 3 heterocycles. The number of fused-ring (bicyclic) bond motifs is 3. The third-order valence-electron chi connectivity index (χ3n) is 7.38. The van der Waals surface area contributed by atoms with Gasteiger partial charge in [-0.3, -0.25) is 19.1 Å². The molecule has 0 atom stereocenters. The molecule has 1 aliphatic rings. The number of methoxy groups -OCH3 is 1. The van der Waals surface area contributed by atoms with Crippen molar-refractivity contribution in [3.05, 3.63) is 99.8 Å². The number of rotatable bonds is 11. The molecule has 2 aromatic heterocycles. The molecule has 0 aliphatic carbocycles. The topological polar surface area (TPSA) is 122 Å². The fourth-order valence-corrected chi connectivity index (χ4v) is 5.35. The molecule has 0 bridgehead atoms. The van der Waals surface area contributed by atoms with E-state index in [1.165, 1.54) is 54.3 Å². The smallest absolute Gasteiger partial charge is 0.271 e. The van der Waals surface area contributed by atoms with Gasteiger partial charge in [0, 0.05) is 37.3 Å². The third kappa shape index (κ3) is 6.74. The summed E-state index contributed by atoms with van der Waals surface area (Å²) >= 11 is 6.59. The number of hydrogen-bond donors (Lipinski definition) is 1. The van der Waals surface area contributed by atoms with E-state index in [4.69, 9.17) is 35.3 Å². The lowest BCUT2D eigenvalue weighted by molar-refractivity contribution is 0.102. The number of aliphatic imine (C=N–C) groups is 1. The Kier molecular flexibility index (Phi) is 9.72. The monoisotopic (exact) mass is 672 g/mol. The second kappa shape index (κ2) is 14.4. The highest BCUT2D eigenvalue weighted by Gasteiger charge is 2.25. The predicted octanol–water partition coefficient (Wildman–Crippen LogP) is 6.86. The molecule has 1 N–H and O–H groups in total. The zero-order valence-electron chi connectivity index (χ0n) is 26.0. The third-order valence-corrected chi connectivity index (χ3v) is 7.70. The van der Waals surface area contributed by atoms with Crippen LogP contribution >= 0.6 is 11.6 Å². The van der Waals surface area contributed by atoms with E-state index in [-0.39, 0.29) is 22.0 Å². The maximum atomic E-state index is 13.5. The Morgan fingerprint density at radius 2 is 1.85 bits per heavy atom. The number of nitrogens with one attached hydrogen (secondary N) is 1. The van der Waals surface area contributed by atoms with Gasteiger partial charge in [0.15, 0.2) is 11.5 Å². The Hall–Kier alpha value is -5.62. The van der Waals surface area contributed by atoms with Crippen LogP contribution in [0, 0.1) is 5.82 Å². The minimum Gasteiger partial charge on any atom is -0.496 e. The molecule has 0 unspecified atom stereocenters. The number of unbranched alkanes of at least 4 members (excludes halogenated alkanes) is 1. The predicted molar refractivity (Wildman–Crippen MR) is 180 cm³/mol. The molecular weight excluding hydrogens is 643 g/mol. The van der Waals surface area contributed by atoms with Crippen molar-refractivity contribution >= 4 is 40.3 Å². The van der Waals surface area contributed by atoms with Crippen LogP contribution in [0.25, 0.3) is 16.6 Å². The van der Waals surface area contributed by atoms with Gasteiger partial charge in [-0.2, -0.15) is 0 Å². The first-order chi connectivity index (χ1) is 23.4. The van der Waals surface area contributed by atoms with Gasteiger partial charge in [-0.1, -0.05) is 11.6 Å². The molecule has 0 spiro atoms. The average molecular weight is 673 g/mol. The fraction of sp³-hybridized carbons (Fsp3) is 0.200. The van der Waals surface area contributed by atoms with Gasteiger partial charge < -0.3 is 34.0 Å². The van der Waals surface area contributed by atoms with Crippen LogP contribution in [0.4, 0.5) is 10.1 Å². The summed E-state index contributed by atoms with van der Waals surface area (Å²) in [6.07, 6.45) is 6.47. The van der Waals surface area contributed by atoms with E-state index >= 15 is 0 Å². The lowest BCUT2D eigenvalue weighted by Crippen LogP contribution is -2.29. The van der Waals surface area contributed by atoms with Gasteiger partial charge in [-0.25, -0.2) is 4.39 Å².